The van der Waals surface area contributed by atoms with E-state index in [-0.39, 0.29) is 16.8 Å². The lowest BCUT2D eigenvalue weighted by molar-refractivity contribution is -0.115. The van der Waals surface area contributed by atoms with Crippen LogP contribution in [-0.4, -0.2) is 16.8 Å². The molecule has 1 aromatic rings. The molecule has 1 unspecified atom stereocenters. The summed E-state index contributed by atoms with van der Waals surface area (Å²) in [7, 11) is 0. The highest BCUT2D eigenvalue weighted by Gasteiger charge is 2.08. The largest absolute Gasteiger partial charge is 0.491 e. The normalized spacial score (nSPS) is 12.3. The third kappa shape index (κ3) is 4.23. The number of carbonyl (C=O) groups is 1. The van der Waals surface area contributed by atoms with Crippen molar-refractivity contribution in [3.05, 3.63) is 24.3 Å². The molecule has 0 spiro atoms. The van der Waals surface area contributed by atoms with E-state index in [0.717, 1.165) is 11.4 Å². The lowest BCUT2D eigenvalue weighted by Gasteiger charge is -2.11. The molecule has 1 amide bonds. The second-order valence-electron chi connectivity index (χ2n) is 3.80. The smallest absolute Gasteiger partial charge is 0.237 e. The van der Waals surface area contributed by atoms with E-state index in [1.54, 1.807) is 6.92 Å². The molecule has 0 aliphatic heterocycles. The third-order valence-corrected chi connectivity index (χ3v) is 2.27. The van der Waals surface area contributed by atoms with Crippen molar-refractivity contribution < 1.29 is 9.53 Å². The maximum absolute atomic E-state index is 11.4. The van der Waals surface area contributed by atoms with Crippen molar-refractivity contribution in [1.82, 2.24) is 0 Å². The summed E-state index contributed by atoms with van der Waals surface area (Å²) < 4.78 is 5.50. The molecule has 1 rings (SSSR count). The first-order chi connectivity index (χ1) is 7.49. The molecule has 88 valence electrons. The van der Waals surface area contributed by atoms with Gasteiger partial charge in [0.1, 0.15) is 5.75 Å². The molecule has 0 aliphatic carbocycles. The maximum Gasteiger partial charge on any atom is 0.237 e. The van der Waals surface area contributed by atoms with Crippen molar-refractivity contribution in [3.63, 3.8) is 0 Å². The Kier molecular flexibility index (Phi) is 4.80. The first-order valence-corrected chi connectivity index (χ1v) is 6.12. The fourth-order valence-electron chi connectivity index (χ4n) is 1.13. The first-order valence-electron chi connectivity index (χ1n) is 5.20. The number of rotatable bonds is 4. The van der Waals surface area contributed by atoms with Gasteiger partial charge >= 0.3 is 0 Å². The summed E-state index contributed by atoms with van der Waals surface area (Å²) in [6.07, 6.45) is 0.156. The van der Waals surface area contributed by atoms with Gasteiger partial charge in [-0.25, -0.2) is 0 Å². The molecule has 0 saturated heterocycles. The van der Waals surface area contributed by atoms with E-state index in [1.165, 1.54) is 0 Å². The number of hydrogen-bond donors (Lipinski definition) is 1. The predicted octanol–water partition coefficient (Wildman–Crippen LogP) is 3.20. The number of anilines is 1. The van der Waals surface area contributed by atoms with Crippen LogP contribution in [-0.2, 0) is 4.79 Å². The summed E-state index contributed by atoms with van der Waals surface area (Å²) >= 11 is 3.21. The van der Waals surface area contributed by atoms with Gasteiger partial charge in [-0.1, -0.05) is 15.9 Å². The van der Waals surface area contributed by atoms with Crippen molar-refractivity contribution in [2.45, 2.75) is 31.7 Å². The molecule has 0 fully saturated rings. The van der Waals surface area contributed by atoms with E-state index in [2.05, 4.69) is 21.2 Å². The zero-order valence-electron chi connectivity index (χ0n) is 9.66. The molecule has 1 N–H and O–H groups in total. The van der Waals surface area contributed by atoms with Crippen LogP contribution in [0.25, 0.3) is 0 Å². The van der Waals surface area contributed by atoms with Crippen LogP contribution in [0.2, 0.25) is 0 Å². The summed E-state index contributed by atoms with van der Waals surface area (Å²) in [5, 5.41) is 2.78. The Morgan fingerprint density at radius 2 is 1.81 bits per heavy atom. The molecule has 1 aromatic carbocycles. The van der Waals surface area contributed by atoms with Crippen LogP contribution in [0.5, 0.6) is 5.75 Å². The average molecular weight is 286 g/mol. The van der Waals surface area contributed by atoms with Crippen molar-refractivity contribution in [3.8, 4) is 5.75 Å². The van der Waals surface area contributed by atoms with Crippen LogP contribution in [0.1, 0.15) is 20.8 Å². The summed E-state index contributed by atoms with van der Waals surface area (Å²) in [5.74, 6) is 0.748. The number of alkyl halides is 1. The van der Waals surface area contributed by atoms with E-state index < -0.39 is 0 Å². The van der Waals surface area contributed by atoms with Crippen molar-refractivity contribution in [1.29, 1.82) is 0 Å². The Morgan fingerprint density at radius 1 is 1.25 bits per heavy atom. The average Bonchev–Trinajstić information content (AvgIpc) is 2.20. The lowest BCUT2D eigenvalue weighted by Crippen LogP contribution is -2.19. The fraction of sp³-hybridized carbons (Fsp3) is 0.417. The number of amides is 1. The molecule has 4 heteroatoms. The predicted molar refractivity (Wildman–Crippen MR) is 69.2 cm³/mol. The molecular weight excluding hydrogens is 270 g/mol. The van der Waals surface area contributed by atoms with Crippen molar-refractivity contribution in [2.24, 2.45) is 0 Å². The minimum absolute atomic E-state index is 0.0578. The Hall–Kier alpha value is -1.03. The molecule has 0 radical (unpaired) electrons. The van der Waals surface area contributed by atoms with Crippen molar-refractivity contribution in [2.75, 3.05) is 5.32 Å². The molecule has 3 nitrogen and oxygen atoms in total. The van der Waals surface area contributed by atoms with E-state index in [0.29, 0.717) is 0 Å². The van der Waals surface area contributed by atoms with Gasteiger partial charge in [-0.3, -0.25) is 4.79 Å². The van der Waals surface area contributed by atoms with Gasteiger partial charge < -0.3 is 10.1 Å². The van der Waals surface area contributed by atoms with E-state index in [4.69, 9.17) is 4.74 Å². The number of ether oxygens (including phenoxy) is 1. The zero-order chi connectivity index (χ0) is 12.1. The molecule has 1 atom stereocenters. The van der Waals surface area contributed by atoms with Crippen LogP contribution >= 0.6 is 15.9 Å². The van der Waals surface area contributed by atoms with Gasteiger partial charge in [0.25, 0.3) is 0 Å². The molecule has 0 heterocycles. The summed E-state index contributed by atoms with van der Waals surface area (Å²) in [6, 6.07) is 7.33. The first kappa shape index (κ1) is 13.0. The van der Waals surface area contributed by atoms with Gasteiger partial charge in [-0.2, -0.15) is 0 Å². The van der Waals surface area contributed by atoms with E-state index >= 15 is 0 Å². The summed E-state index contributed by atoms with van der Waals surface area (Å²) in [5.41, 5.74) is 0.771. The van der Waals surface area contributed by atoms with Gasteiger partial charge in [-0.15, -0.1) is 0 Å². The molecule has 0 bridgehead atoms. The number of hydrogen-bond acceptors (Lipinski definition) is 2. The van der Waals surface area contributed by atoms with Gasteiger partial charge in [-0.05, 0) is 45.0 Å². The third-order valence-electron chi connectivity index (χ3n) is 1.85. The second kappa shape index (κ2) is 5.89. The number of nitrogens with one attached hydrogen (secondary N) is 1. The lowest BCUT2D eigenvalue weighted by atomic mass is 10.3. The minimum atomic E-state index is -0.195. The van der Waals surface area contributed by atoms with Crippen LogP contribution in [0, 0.1) is 0 Å². The van der Waals surface area contributed by atoms with E-state index in [9.17, 15) is 4.79 Å². The number of halogens is 1. The quantitative estimate of drug-likeness (QED) is 0.863. The maximum atomic E-state index is 11.4. The van der Waals surface area contributed by atoms with Crippen LogP contribution in [0.4, 0.5) is 5.69 Å². The molecule has 0 aromatic heterocycles. The molecule has 0 aliphatic rings. The van der Waals surface area contributed by atoms with E-state index in [1.807, 2.05) is 38.1 Å². The Balaban J connectivity index is 2.61. The van der Waals surface area contributed by atoms with Gasteiger partial charge in [0.15, 0.2) is 0 Å². The highest BCUT2D eigenvalue weighted by molar-refractivity contribution is 9.10. The SMILES string of the molecule is CC(C)Oc1ccc(NC(=O)C(C)Br)cc1. The molecular formula is C12H16BrNO2. The highest BCUT2D eigenvalue weighted by atomic mass is 79.9. The molecule has 16 heavy (non-hydrogen) atoms. The zero-order valence-corrected chi connectivity index (χ0v) is 11.2. The second-order valence-corrected chi connectivity index (χ2v) is 5.17. The minimum Gasteiger partial charge on any atom is -0.491 e. The summed E-state index contributed by atoms with van der Waals surface area (Å²) in [6.45, 7) is 5.73. The van der Waals surface area contributed by atoms with Crippen LogP contribution in [0.3, 0.4) is 0 Å². The summed E-state index contributed by atoms with van der Waals surface area (Å²) in [4.78, 5) is 11.2. The van der Waals surface area contributed by atoms with Crippen LogP contribution in [0.15, 0.2) is 24.3 Å². The Morgan fingerprint density at radius 3 is 2.25 bits per heavy atom. The number of carbonyl (C=O) groups excluding carboxylic acids is 1. The monoisotopic (exact) mass is 285 g/mol. The van der Waals surface area contributed by atoms with Gasteiger partial charge in [0.2, 0.25) is 5.91 Å². The van der Waals surface area contributed by atoms with Crippen molar-refractivity contribution >= 4 is 27.5 Å². The topological polar surface area (TPSA) is 38.3 Å². The molecule has 0 saturated carbocycles. The highest BCUT2D eigenvalue weighted by Crippen LogP contribution is 2.17. The Bertz CT molecular complexity index is 347. The van der Waals surface area contributed by atoms with Gasteiger partial charge in [0, 0.05) is 5.69 Å². The standard InChI is InChI=1S/C12H16BrNO2/c1-8(2)16-11-6-4-10(5-7-11)14-12(15)9(3)13/h4-9H,1-3H3,(H,14,15). The number of benzene rings is 1. The van der Waals surface area contributed by atoms with Crippen LogP contribution < -0.4 is 10.1 Å². The fourth-order valence-corrected chi connectivity index (χ4v) is 1.25. The van der Waals surface area contributed by atoms with Gasteiger partial charge in [0.05, 0.1) is 10.9 Å². The Labute approximate surface area is 104 Å².